The van der Waals surface area contributed by atoms with E-state index in [-0.39, 0.29) is 11.5 Å². The molecule has 0 aliphatic rings. The zero-order valence-corrected chi connectivity index (χ0v) is 10.1. The summed E-state index contributed by atoms with van der Waals surface area (Å²) >= 11 is 0. The van der Waals surface area contributed by atoms with Gasteiger partial charge in [-0.2, -0.15) is 0 Å². The highest BCUT2D eigenvalue weighted by Gasteiger charge is 2.06. The first-order chi connectivity index (χ1) is 8.56. The first-order valence-electron chi connectivity index (χ1n) is 5.47. The standard InChI is InChI=1S/C14H12FNO2/c1-9-3-5-12(15)14(7-9)18-11-4-6-13(10(2)17)16-8-11/h3-8H,1-2H3. The number of ketones is 1. The minimum absolute atomic E-state index is 0.122. The highest BCUT2D eigenvalue weighted by molar-refractivity contribution is 5.92. The number of hydrogen-bond acceptors (Lipinski definition) is 3. The molecule has 0 saturated heterocycles. The summed E-state index contributed by atoms with van der Waals surface area (Å²) in [6, 6.07) is 7.76. The molecule has 0 unspecified atom stereocenters. The van der Waals surface area contributed by atoms with Crippen LogP contribution >= 0.6 is 0 Å². The molecular formula is C14H12FNO2. The lowest BCUT2D eigenvalue weighted by atomic mass is 10.2. The number of hydrogen-bond donors (Lipinski definition) is 0. The molecule has 0 atom stereocenters. The lowest BCUT2D eigenvalue weighted by Crippen LogP contribution is -1.96. The number of pyridine rings is 1. The van der Waals surface area contributed by atoms with Gasteiger partial charge < -0.3 is 4.74 Å². The van der Waals surface area contributed by atoms with E-state index in [4.69, 9.17) is 4.74 Å². The van der Waals surface area contributed by atoms with E-state index in [0.29, 0.717) is 11.4 Å². The molecule has 0 fully saturated rings. The van der Waals surface area contributed by atoms with Gasteiger partial charge in [0.25, 0.3) is 0 Å². The van der Waals surface area contributed by atoms with Crippen LogP contribution in [0.25, 0.3) is 0 Å². The lowest BCUT2D eigenvalue weighted by Gasteiger charge is -2.07. The van der Waals surface area contributed by atoms with Gasteiger partial charge in [-0.05, 0) is 36.8 Å². The maximum absolute atomic E-state index is 13.5. The first kappa shape index (κ1) is 12.2. The third-order valence-electron chi connectivity index (χ3n) is 2.41. The molecule has 0 radical (unpaired) electrons. The highest BCUT2D eigenvalue weighted by atomic mass is 19.1. The second-order valence-electron chi connectivity index (χ2n) is 3.97. The van der Waals surface area contributed by atoms with Gasteiger partial charge in [0.1, 0.15) is 11.4 Å². The average molecular weight is 245 g/mol. The number of ether oxygens (including phenoxy) is 1. The van der Waals surface area contributed by atoms with Crippen molar-refractivity contribution in [3.8, 4) is 11.5 Å². The van der Waals surface area contributed by atoms with Gasteiger partial charge in [-0.1, -0.05) is 6.07 Å². The Bertz CT molecular complexity index is 579. The third kappa shape index (κ3) is 2.71. The van der Waals surface area contributed by atoms with E-state index in [1.54, 1.807) is 24.3 Å². The molecule has 1 heterocycles. The van der Waals surface area contributed by atoms with Crippen LogP contribution in [-0.4, -0.2) is 10.8 Å². The number of Topliss-reactive ketones (excluding diaryl/α,β-unsaturated/α-hetero) is 1. The fourth-order valence-electron chi connectivity index (χ4n) is 1.46. The van der Waals surface area contributed by atoms with E-state index in [9.17, 15) is 9.18 Å². The Labute approximate surface area is 104 Å². The SMILES string of the molecule is CC(=O)c1ccc(Oc2cc(C)ccc2F)cn1. The minimum Gasteiger partial charge on any atom is -0.453 e. The molecule has 2 aromatic rings. The summed E-state index contributed by atoms with van der Waals surface area (Å²) in [6.45, 7) is 3.28. The summed E-state index contributed by atoms with van der Waals surface area (Å²) in [5, 5.41) is 0. The molecule has 92 valence electrons. The van der Waals surface area contributed by atoms with Crippen LogP contribution in [0.5, 0.6) is 11.5 Å². The Morgan fingerprint density at radius 3 is 2.67 bits per heavy atom. The van der Waals surface area contributed by atoms with Gasteiger partial charge in [0.2, 0.25) is 0 Å². The van der Waals surface area contributed by atoms with Crippen molar-refractivity contribution in [2.75, 3.05) is 0 Å². The number of aryl methyl sites for hydroxylation is 1. The van der Waals surface area contributed by atoms with E-state index in [1.807, 2.05) is 6.92 Å². The summed E-state index contributed by atoms with van der Waals surface area (Å²) in [5.41, 5.74) is 1.26. The van der Waals surface area contributed by atoms with Crippen molar-refractivity contribution in [1.29, 1.82) is 0 Å². The van der Waals surface area contributed by atoms with Crippen LogP contribution < -0.4 is 4.74 Å². The monoisotopic (exact) mass is 245 g/mol. The Morgan fingerprint density at radius 2 is 2.06 bits per heavy atom. The van der Waals surface area contributed by atoms with Crippen LogP contribution in [-0.2, 0) is 0 Å². The Kier molecular flexibility index (Phi) is 3.37. The molecule has 2 rings (SSSR count). The molecule has 0 aliphatic carbocycles. The number of nitrogens with zero attached hydrogens (tertiary/aromatic N) is 1. The zero-order chi connectivity index (χ0) is 13.1. The van der Waals surface area contributed by atoms with Crippen LogP contribution in [0.4, 0.5) is 4.39 Å². The van der Waals surface area contributed by atoms with Crippen LogP contribution in [0.3, 0.4) is 0 Å². The number of halogens is 1. The van der Waals surface area contributed by atoms with E-state index < -0.39 is 5.82 Å². The second kappa shape index (κ2) is 4.96. The number of carbonyl (C=O) groups excluding carboxylic acids is 1. The number of benzene rings is 1. The second-order valence-corrected chi connectivity index (χ2v) is 3.97. The predicted octanol–water partition coefficient (Wildman–Crippen LogP) is 3.52. The van der Waals surface area contributed by atoms with Gasteiger partial charge in [-0.3, -0.25) is 4.79 Å². The fourth-order valence-corrected chi connectivity index (χ4v) is 1.46. The van der Waals surface area contributed by atoms with Crippen molar-refractivity contribution in [3.63, 3.8) is 0 Å². The number of rotatable bonds is 3. The minimum atomic E-state index is -0.434. The molecule has 0 N–H and O–H groups in total. The van der Waals surface area contributed by atoms with Crippen molar-refractivity contribution >= 4 is 5.78 Å². The van der Waals surface area contributed by atoms with Gasteiger partial charge in [0.15, 0.2) is 17.3 Å². The van der Waals surface area contributed by atoms with Crippen LogP contribution in [0.15, 0.2) is 36.5 Å². The predicted molar refractivity (Wildman–Crippen MR) is 65.5 cm³/mol. The normalized spacial score (nSPS) is 10.2. The molecule has 0 amide bonds. The Hall–Kier alpha value is -2.23. The van der Waals surface area contributed by atoms with E-state index in [0.717, 1.165) is 5.56 Å². The maximum atomic E-state index is 13.5. The number of aromatic nitrogens is 1. The molecule has 3 nitrogen and oxygen atoms in total. The molecule has 4 heteroatoms. The van der Waals surface area contributed by atoms with Gasteiger partial charge in [0, 0.05) is 6.92 Å². The Morgan fingerprint density at radius 1 is 1.28 bits per heavy atom. The van der Waals surface area contributed by atoms with Crippen molar-refractivity contribution in [3.05, 3.63) is 53.6 Å². The molecule has 0 spiro atoms. The summed E-state index contributed by atoms with van der Waals surface area (Å²) in [4.78, 5) is 15.0. The molecule has 1 aromatic carbocycles. The average Bonchev–Trinajstić information content (AvgIpc) is 2.34. The maximum Gasteiger partial charge on any atom is 0.178 e. The van der Waals surface area contributed by atoms with E-state index in [2.05, 4.69) is 4.98 Å². The van der Waals surface area contributed by atoms with E-state index in [1.165, 1.54) is 19.2 Å². The molecule has 0 aliphatic heterocycles. The summed E-state index contributed by atoms with van der Waals surface area (Å²) in [7, 11) is 0. The highest BCUT2D eigenvalue weighted by Crippen LogP contribution is 2.24. The molecular weight excluding hydrogens is 233 g/mol. The van der Waals surface area contributed by atoms with Crippen molar-refractivity contribution in [2.24, 2.45) is 0 Å². The molecule has 1 aromatic heterocycles. The van der Waals surface area contributed by atoms with Gasteiger partial charge in [-0.25, -0.2) is 9.37 Å². The number of carbonyl (C=O) groups is 1. The van der Waals surface area contributed by atoms with Crippen molar-refractivity contribution in [1.82, 2.24) is 4.98 Å². The van der Waals surface area contributed by atoms with Crippen LogP contribution in [0.2, 0.25) is 0 Å². The van der Waals surface area contributed by atoms with Crippen molar-refractivity contribution < 1.29 is 13.9 Å². The largest absolute Gasteiger partial charge is 0.453 e. The van der Waals surface area contributed by atoms with Gasteiger partial charge >= 0.3 is 0 Å². The lowest BCUT2D eigenvalue weighted by molar-refractivity contribution is 0.101. The summed E-state index contributed by atoms with van der Waals surface area (Å²) < 4.78 is 18.8. The third-order valence-corrected chi connectivity index (χ3v) is 2.41. The van der Waals surface area contributed by atoms with Crippen molar-refractivity contribution in [2.45, 2.75) is 13.8 Å². The quantitative estimate of drug-likeness (QED) is 0.776. The fraction of sp³-hybridized carbons (Fsp3) is 0.143. The zero-order valence-electron chi connectivity index (χ0n) is 10.1. The molecule has 0 saturated carbocycles. The van der Waals surface area contributed by atoms with Gasteiger partial charge in [0.05, 0.1) is 6.20 Å². The summed E-state index contributed by atoms with van der Waals surface area (Å²) in [5.74, 6) is -0.0172. The Balaban J connectivity index is 2.23. The van der Waals surface area contributed by atoms with Crippen LogP contribution in [0.1, 0.15) is 23.0 Å². The van der Waals surface area contributed by atoms with Gasteiger partial charge in [-0.15, -0.1) is 0 Å². The topological polar surface area (TPSA) is 39.2 Å². The first-order valence-corrected chi connectivity index (χ1v) is 5.47. The smallest absolute Gasteiger partial charge is 0.178 e. The van der Waals surface area contributed by atoms with E-state index >= 15 is 0 Å². The summed E-state index contributed by atoms with van der Waals surface area (Å²) in [6.07, 6.45) is 1.40. The molecule has 18 heavy (non-hydrogen) atoms. The molecule has 0 bridgehead atoms. The van der Waals surface area contributed by atoms with Crippen LogP contribution in [0, 0.1) is 12.7 Å².